The van der Waals surface area contributed by atoms with Crippen LogP contribution in [-0.2, 0) is 17.8 Å². The van der Waals surface area contributed by atoms with Crippen LogP contribution in [0.3, 0.4) is 0 Å². The molecular formula is C14H24ClN3O2. The second kappa shape index (κ2) is 9.10. The summed E-state index contributed by atoms with van der Waals surface area (Å²) >= 11 is 5.83. The van der Waals surface area contributed by atoms with Crippen LogP contribution in [0.2, 0.25) is 5.15 Å². The summed E-state index contributed by atoms with van der Waals surface area (Å²) in [6.45, 7) is 5.17. The summed E-state index contributed by atoms with van der Waals surface area (Å²) in [6.07, 6.45) is 5.38. The van der Waals surface area contributed by atoms with Crippen molar-refractivity contribution < 1.29 is 9.84 Å². The van der Waals surface area contributed by atoms with Crippen molar-refractivity contribution in [1.82, 2.24) is 10.2 Å². The number of aliphatic hydroxyl groups excluding tert-OH is 1. The number of anilines is 1. The van der Waals surface area contributed by atoms with Gasteiger partial charge in [0.1, 0.15) is 0 Å². The van der Waals surface area contributed by atoms with Gasteiger partial charge in [-0.15, -0.1) is 10.2 Å². The molecule has 6 heteroatoms. The van der Waals surface area contributed by atoms with E-state index in [2.05, 4.69) is 10.2 Å². The number of nitrogens with zero attached hydrogens (tertiary/aromatic N) is 2. The number of aliphatic hydroxyl groups is 1. The molecule has 5 nitrogen and oxygen atoms in total. The molecule has 3 rings (SSSR count). The molecule has 1 aliphatic heterocycles. The van der Waals surface area contributed by atoms with Gasteiger partial charge in [-0.2, -0.15) is 0 Å². The van der Waals surface area contributed by atoms with Gasteiger partial charge in [0, 0.05) is 11.1 Å². The van der Waals surface area contributed by atoms with Gasteiger partial charge in [-0.1, -0.05) is 38.3 Å². The van der Waals surface area contributed by atoms with Crippen molar-refractivity contribution in [3.8, 4) is 0 Å². The first-order chi connectivity index (χ1) is 9.68. The number of nitrogens with two attached hydrogens (primary N) is 1. The van der Waals surface area contributed by atoms with Gasteiger partial charge in [0.2, 0.25) is 0 Å². The lowest BCUT2D eigenvalue weighted by Gasteiger charge is -2.17. The van der Waals surface area contributed by atoms with Gasteiger partial charge in [0.25, 0.3) is 0 Å². The van der Waals surface area contributed by atoms with E-state index in [1.54, 1.807) is 0 Å². The van der Waals surface area contributed by atoms with Crippen LogP contribution in [-0.4, -0.2) is 28.0 Å². The van der Waals surface area contributed by atoms with Crippen LogP contribution >= 0.6 is 11.6 Å². The molecule has 0 amide bonds. The summed E-state index contributed by atoms with van der Waals surface area (Å²) in [7, 11) is 0. The Kier molecular flexibility index (Phi) is 7.80. The Labute approximate surface area is 125 Å². The first-order valence-electron chi connectivity index (χ1n) is 7.23. The van der Waals surface area contributed by atoms with Gasteiger partial charge in [-0.05, 0) is 19.3 Å². The number of ether oxygens (including phenoxy) is 1. The Bertz CT molecular complexity index is 379. The van der Waals surface area contributed by atoms with Crippen LogP contribution in [0.1, 0.15) is 50.7 Å². The zero-order chi connectivity index (χ0) is 15.0. The maximum absolute atomic E-state index is 8.73. The largest absolute Gasteiger partial charge is 0.393 e. The van der Waals surface area contributed by atoms with E-state index in [-0.39, 0.29) is 6.10 Å². The Hall–Kier alpha value is -0.910. The lowest BCUT2D eigenvalue weighted by molar-refractivity contribution is 0.111. The molecule has 0 atom stereocenters. The topological polar surface area (TPSA) is 81.3 Å². The lowest BCUT2D eigenvalue weighted by atomic mass is 10.1. The first-order valence-corrected chi connectivity index (χ1v) is 7.61. The van der Waals surface area contributed by atoms with Crippen LogP contribution in [0.5, 0.6) is 0 Å². The van der Waals surface area contributed by atoms with Crippen molar-refractivity contribution >= 4 is 17.4 Å². The molecule has 1 aromatic rings. The Morgan fingerprint density at radius 2 is 1.85 bits per heavy atom. The molecule has 2 heterocycles. The Morgan fingerprint density at radius 3 is 2.35 bits per heavy atom. The van der Waals surface area contributed by atoms with E-state index in [0.29, 0.717) is 24.2 Å². The third kappa shape index (κ3) is 4.89. The molecule has 0 spiro atoms. The minimum absolute atomic E-state index is 0.0463. The van der Waals surface area contributed by atoms with E-state index in [1.165, 1.54) is 12.8 Å². The van der Waals surface area contributed by atoms with Crippen molar-refractivity contribution in [2.75, 3.05) is 12.3 Å². The summed E-state index contributed by atoms with van der Waals surface area (Å²) in [6, 6.07) is 0. The molecule has 0 unspecified atom stereocenters. The highest BCUT2D eigenvalue weighted by atomic mass is 35.5. The highest BCUT2D eigenvalue weighted by Crippen LogP contribution is 2.25. The quantitative estimate of drug-likeness (QED) is 0.770. The zero-order valence-electron chi connectivity index (χ0n) is 12.2. The smallest absolute Gasteiger partial charge is 0.155 e. The van der Waals surface area contributed by atoms with Gasteiger partial charge < -0.3 is 15.6 Å². The zero-order valence-corrected chi connectivity index (χ0v) is 13.0. The second-order valence-corrected chi connectivity index (χ2v) is 4.93. The van der Waals surface area contributed by atoms with E-state index in [4.69, 9.17) is 27.2 Å². The minimum Gasteiger partial charge on any atom is -0.393 e. The van der Waals surface area contributed by atoms with E-state index in [9.17, 15) is 0 Å². The average Bonchev–Trinajstić information content (AvgIpc) is 2.97. The third-order valence-electron chi connectivity index (χ3n) is 3.24. The summed E-state index contributed by atoms with van der Waals surface area (Å²) in [5.41, 5.74) is 7.47. The van der Waals surface area contributed by atoms with Crippen LogP contribution in [0.25, 0.3) is 0 Å². The fraction of sp³-hybridized carbons (Fsp3) is 0.714. The first kappa shape index (κ1) is 17.1. The van der Waals surface area contributed by atoms with Crippen molar-refractivity contribution in [2.24, 2.45) is 0 Å². The molecule has 2 aliphatic rings. The standard InChI is InChI=1S/C7H8ClN3O.C5H10O.C2H6/c8-6-4-1-2-12-3-5(4)7(9)11-10-6;6-5-3-1-2-4-5;1-2/h1-3H2,(H2,9,11);5-6H,1-4H2;1-2H3. The van der Waals surface area contributed by atoms with E-state index in [0.717, 1.165) is 30.4 Å². The van der Waals surface area contributed by atoms with Crippen molar-refractivity contribution in [3.63, 3.8) is 0 Å². The summed E-state index contributed by atoms with van der Waals surface area (Å²) in [5.74, 6) is 0.425. The van der Waals surface area contributed by atoms with Crippen LogP contribution in [0.15, 0.2) is 0 Å². The highest BCUT2D eigenvalue weighted by molar-refractivity contribution is 6.30. The molecule has 1 saturated carbocycles. The van der Waals surface area contributed by atoms with Gasteiger partial charge in [0.15, 0.2) is 11.0 Å². The fourth-order valence-electron chi connectivity index (χ4n) is 2.17. The molecule has 3 N–H and O–H groups in total. The molecule has 1 aromatic heterocycles. The average molecular weight is 302 g/mol. The molecular weight excluding hydrogens is 278 g/mol. The minimum atomic E-state index is 0.0463. The van der Waals surface area contributed by atoms with Gasteiger partial charge in [0.05, 0.1) is 19.3 Å². The number of halogens is 1. The molecule has 20 heavy (non-hydrogen) atoms. The molecule has 0 radical (unpaired) electrons. The third-order valence-corrected chi connectivity index (χ3v) is 3.54. The molecule has 0 bridgehead atoms. The van der Waals surface area contributed by atoms with Gasteiger partial charge in [-0.3, -0.25) is 0 Å². The normalized spacial score (nSPS) is 17.4. The monoisotopic (exact) mass is 301 g/mol. The predicted octanol–water partition coefficient (Wildman–Crippen LogP) is 2.73. The van der Waals surface area contributed by atoms with Crippen molar-refractivity contribution in [2.45, 2.75) is 58.7 Å². The van der Waals surface area contributed by atoms with Crippen LogP contribution in [0, 0.1) is 0 Å². The van der Waals surface area contributed by atoms with Crippen molar-refractivity contribution in [1.29, 1.82) is 0 Å². The molecule has 1 aliphatic carbocycles. The predicted molar refractivity (Wildman–Crippen MR) is 80.6 cm³/mol. The lowest BCUT2D eigenvalue weighted by Crippen LogP contribution is -2.14. The summed E-state index contributed by atoms with van der Waals surface area (Å²) in [5, 5.41) is 16.6. The number of aromatic nitrogens is 2. The van der Waals surface area contributed by atoms with Crippen LogP contribution < -0.4 is 5.73 Å². The molecule has 114 valence electrons. The summed E-state index contributed by atoms with van der Waals surface area (Å²) in [4.78, 5) is 0. The Balaban J connectivity index is 0.000000211. The Morgan fingerprint density at radius 1 is 1.20 bits per heavy atom. The maximum Gasteiger partial charge on any atom is 0.155 e. The number of rotatable bonds is 0. The SMILES string of the molecule is CC.Nc1nnc(Cl)c2c1COCC2.OC1CCCC1. The van der Waals surface area contributed by atoms with Gasteiger partial charge >= 0.3 is 0 Å². The second-order valence-electron chi connectivity index (χ2n) is 4.57. The fourth-order valence-corrected chi connectivity index (χ4v) is 2.41. The number of fused-ring (bicyclic) bond motifs is 1. The maximum atomic E-state index is 8.73. The molecule has 1 fully saturated rings. The van der Waals surface area contributed by atoms with E-state index >= 15 is 0 Å². The number of hydrogen-bond acceptors (Lipinski definition) is 5. The van der Waals surface area contributed by atoms with Crippen LogP contribution in [0.4, 0.5) is 5.82 Å². The number of nitrogen functional groups attached to an aromatic ring is 1. The van der Waals surface area contributed by atoms with Crippen molar-refractivity contribution in [3.05, 3.63) is 16.3 Å². The molecule has 0 saturated heterocycles. The van der Waals surface area contributed by atoms with E-state index < -0.39 is 0 Å². The molecule has 0 aromatic carbocycles. The van der Waals surface area contributed by atoms with E-state index in [1.807, 2.05) is 13.8 Å². The highest BCUT2D eigenvalue weighted by Gasteiger charge is 2.17. The number of hydrogen-bond donors (Lipinski definition) is 2. The summed E-state index contributed by atoms with van der Waals surface area (Å²) < 4.78 is 5.23. The van der Waals surface area contributed by atoms with Gasteiger partial charge in [-0.25, -0.2) is 0 Å².